The van der Waals surface area contributed by atoms with E-state index >= 15 is 0 Å². The van der Waals surface area contributed by atoms with Crippen LogP contribution in [-0.4, -0.2) is 39.8 Å². The van der Waals surface area contributed by atoms with E-state index in [4.69, 9.17) is 4.98 Å². The first-order valence-corrected chi connectivity index (χ1v) is 13.6. The van der Waals surface area contributed by atoms with E-state index in [9.17, 15) is 9.59 Å². The van der Waals surface area contributed by atoms with Crippen LogP contribution < -0.4 is 10.9 Å². The highest BCUT2D eigenvalue weighted by Crippen LogP contribution is 2.24. The zero-order valence-electron chi connectivity index (χ0n) is 24.0. The molecule has 6 rings (SSSR count). The molecule has 0 unspecified atom stereocenters. The van der Waals surface area contributed by atoms with Crippen molar-refractivity contribution >= 4 is 34.6 Å². The molecule has 0 aliphatic rings. The predicted molar refractivity (Wildman–Crippen MR) is 163 cm³/mol. The maximum atomic E-state index is 14.3. The number of fused-ring (bicyclic) bond motifs is 2. The lowest BCUT2D eigenvalue weighted by molar-refractivity contribution is 0.0938. The molecule has 4 heterocycles. The van der Waals surface area contributed by atoms with Crippen LogP contribution in [0.3, 0.4) is 0 Å². The molecule has 2 aromatic carbocycles. The Kier molecular flexibility index (Phi) is 6.74. The highest BCUT2D eigenvalue weighted by molar-refractivity contribution is 6.01. The van der Waals surface area contributed by atoms with Crippen LogP contribution in [0.4, 0.5) is 0 Å². The van der Waals surface area contributed by atoms with Gasteiger partial charge in [0.15, 0.2) is 5.65 Å². The van der Waals surface area contributed by atoms with E-state index in [-0.39, 0.29) is 11.5 Å². The minimum atomic E-state index is -0.618. The number of benzene rings is 2. The maximum absolute atomic E-state index is 14.3. The number of para-hydroxylation sites is 1. The molecule has 10 nitrogen and oxygen atoms in total. The molecule has 4 aromatic heterocycles. The van der Waals surface area contributed by atoms with Gasteiger partial charge < -0.3 is 5.32 Å². The SMILES string of the molecule is Cc1nn(C)c(C)c1/C=C/c1cccc2nc([C@H](C)NC(=O)c3c(C)nn4cccnc34)n(-c3ccccc3)c(=O)c12. The maximum Gasteiger partial charge on any atom is 0.266 e. The minimum absolute atomic E-state index is 0.226. The fourth-order valence-electron chi connectivity index (χ4n) is 5.33. The quantitative estimate of drug-likeness (QED) is 0.316. The summed E-state index contributed by atoms with van der Waals surface area (Å²) in [6.45, 7) is 7.56. The lowest BCUT2D eigenvalue weighted by Crippen LogP contribution is -2.33. The highest BCUT2D eigenvalue weighted by atomic mass is 16.2. The summed E-state index contributed by atoms with van der Waals surface area (Å²) in [5.41, 5.74) is 6.06. The molecule has 6 aromatic rings. The van der Waals surface area contributed by atoms with Crippen LogP contribution in [-0.2, 0) is 7.05 Å². The number of hydrogen-bond acceptors (Lipinski definition) is 6. The summed E-state index contributed by atoms with van der Waals surface area (Å²) < 4.78 is 4.99. The van der Waals surface area contributed by atoms with Crippen LogP contribution in [0.15, 0.2) is 71.8 Å². The van der Waals surface area contributed by atoms with Crippen LogP contribution >= 0.6 is 0 Å². The lowest BCUT2D eigenvalue weighted by atomic mass is 10.1. The fraction of sp³-hybridized carbons (Fsp3) is 0.188. The van der Waals surface area contributed by atoms with Crippen LogP contribution in [0.2, 0.25) is 0 Å². The number of aryl methyl sites for hydroxylation is 3. The summed E-state index contributed by atoms with van der Waals surface area (Å²) in [6.07, 6.45) is 7.29. The van der Waals surface area contributed by atoms with Crippen LogP contribution in [0.5, 0.6) is 0 Å². The van der Waals surface area contributed by atoms with Crippen LogP contribution in [0, 0.1) is 20.8 Å². The van der Waals surface area contributed by atoms with E-state index < -0.39 is 6.04 Å². The van der Waals surface area contributed by atoms with E-state index in [1.807, 2.05) is 93.2 Å². The molecule has 0 saturated heterocycles. The average Bonchev–Trinajstić information content (AvgIpc) is 3.44. The van der Waals surface area contributed by atoms with Crippen LogP contribution in [0.25, 0.3) is 34.4 Å². The van der Waals surface area contributed by atoms with Gasteiger partial charge in [0, 0.05) is 30.7 Å². The van der Waals surface area contributed by atoms with Gasteiger partial charge in [-0.3, -0.25) is 18.8 Å². The molecular weight excluding hydrogens is 528 g/mol. The van der Waals surface area contributed by atoms with Crippen molar-refractivity contribution in [1.29, 1.82) is 0 Å². The topological polar surface area (TPSA) is 112 Å². The third-order valence-corrected chi connectivity index (χ3v) is 7.50. The molecule has 0 saturated carbocycles. The average molecular weight is 559 g/mol. The molecule has 0 radical (unpaired) electrons. The Morgan fingerprint density at radius 2 is 1.74 bits per heavy atom. The number of carbonyl (C=O) groups excluding carboxylic acids is 1. The molecule has 0 aliphatic heterocycles. The standard InChI is InChI=1S/C32H30N8O2/c1-19-25(22(4)38(5)36-19)16-15-23-11-9-14-26-28(23)32(42)40(24-12-7-6-8-13-24)29(35-26)21(3)34-31(41)27-20(2)37-39-18-10-17-33-30(27)39/h6-18,21H,1-5H3,(H,34,41)/b16-15+/t21-/m0/s1. The van der Waals surface area contributed by atoms with Gasteiger partial charge in [-0.2, -0.15) is 10.2 Å². The van der Waals surface area contributed by atoms with Gasteiger partial charge in [0.1, 0.15) is 11.4 Å². The number of amides is 1. The van der Waals surface area contributed by atoms with Crippen molar-refractivity contribution in [3.05, 3.63) is 117 Å². The summed E-state index contributed by atoms with van der Waals surface area (Å²) >= 11 is 0. The first kappa shape index (κ1) is 26.8. The van der Waals surface area contributed by atoms with Crippen molar-refractivity contribution in [3.63, 3.8) is 0 Å². The van der Waals surface area contributed by atoms with Gasteiger partial charge in [0.25, 0.3) is 11.5 Å². The molecule has 42 heavy (non-hydrogen) atoms. The van der Waals surface area contributed by atoms with Crippen molar-refractivity contribution in [1.82, 2.24) is 39.2 Å². The third kappa shape index (κ3) is 4.56. The third-order valence-electron chi connectivity index (χ3n) is 7.50. The second kappa shape index (κ2) is 10.5. The Morgan fingerprint density at radius 3 is 2.48 bits per heavy atom. The van der Waals surface area contributed by atoms with Crippen molar-refractivity contribution in [2.24, 2.45) is 7.05 Å². The van der Waals surface area contributed by atoms with Gasteiger partial charge in [-0.1, -0.05) is 42.5 Å². The summed E-state index contributed by atoms with van der Waals surface area (Å²) in [4.78, 5) is 37.1. The van der Waals surface area contributed by atoms with E-state index in [1.165, 1.54) is 0 Å². The zero-order valence-corrected chi connectivity index (χ0v) is 24.0. The molecule has 0 fully saturated rings. The van der Waals surface area contributed by atoms with E-state index in [1.54, 1.807) is 34.5 Å². The molecule has 10 heteroatoms. The fourth-order valence-corrected chi connectivity index (χ4v) is 5.33. The minimum Gasteiger partial charge on any atom is -0.342 e. The molecule has 1 atom stereocenters. The van der Waals surface area contributed by atoms with E-state index in [0.29, 0.717) is 39.3 Å². The summed E-state index contributed by atoms with van der Waals surface area (Å²) in [5, 5.41) is 12.4. The number of hydrogen-bond donors (Lipinski definition) is 1. The normalized spacial score (nSPS) is 12.4. The molecule has 1 N–H and O–H groups in total. The Balaban J connectivity index is 1.47. The van der Waals surface area contributed by atoms with Gasteiger partial charge in [-0.15, -0.1) is 0 Å². The molecule has 0 bridgehead atoms. The van der Waals surface area contributed by atoms with Crippen molar-refractivity contribution in [2.75, 3.05) is 0 Å². The highest BCUT2D eigenvalue weighted by Gasteiger charge is 2.24. The molecule has 0 spiro atoms. The zero-order chi connectivity index (χ0) is 29.5. The van der Waals surface area contributed by atoms with Gasteiger partial charge in [0.2, 0.25) is 0 Å². The van der Waals surface area contributed by atoms with Crippen LogP contribution in [0.1, 0.15) is 57.4 Å². The van der Waals surface area contributed by atoms with Gasteiger partial charge in [-0.05, 0) is 57.5 Å². The first-order valence-electron chi connectivity index (χ1n) is 13.6. The van der Waals surface area contributed by atoms with Gasteiger partial charge in [-0.25, -0.2) is 14.5 Å². The van der Waals surface area contributed by atoms with E-state index in [2.05, 4.69) is 20.5 Å². The number of nitrogens with one attached hydrogen (secondary N) is 1. The van der Waals surface area contributed by atoms with Crippen molar-refractivity contribution in [3.8, 4) is 5.69 Å². The smallest absolute Gasteiger partial charge is 0.266 e. The van der Waals surface area contributed by atoms with Gasteiger partial charge >= 0.3 is 0 Å². The van der Waals surface area contributed by atoms with Crippen molar-refractivity contribution in [2.45, 2.75) is 33.7 Å². The van der Waals surface area contributed by atoms with Gasteiger partial charge in [0.05, 0.1) is 34.0 Å². The largest absolute Gasteiger partial charge is 0.342 e. The summed E-state index contributed by atoms with van der Waals surface area (Å²) in [5.74, 6) is 0.0655. The number of carbonyl (C=O) groups is 1. The Bertz CT molecular complexity index is 2070. The summed E-state index contributed by atoms with van der Waals surface area (Å²) in [6, 6.07) is 16.1. The lowest BCUT2D eigenvalue weighted by Gasteiger charge is -2.20. The monoisotopic (exact) mass is 558 g/mol. The molecular formula is C32H30N8O2. The number of nitrogens with zero attached hydrogens (tertiary/aromatic N) is 7. The Labute approximate surface area is 242 Å². The molecule has 1 amide bonds. The second-order valence-corrected chi connectivity index (χ2v) is 10.3. The Hall–Kier alpha value is -5.38. The Morgan fingerprint density at radius 1 is 0.952 bits per heavy atom. The molecule has 210 valence electrons. The van der Waals surface area contributed by atoms with E-state index in [0.717, 1.165) is 22.5 Å². The first-order chi connectivity index (χ1) is 20.2. The number of rotatable bonds is 6. The summed E-state index contributed by atoms with van der Waals surface area (Å²) in [7, 11) is 1.91. The second-order valence-electron chi connectivity index (χ2n) is 10.3. The predicted octanol–water partition coefficient (Wildman–Crippen LogP) is 4.75. The number of aromatic nitrogens is 7. The molecule has 0 aliphatic carbocycles. The van der Waals surface area contributed by atoms with Crippen molar-refractivity contribution < 1.29 is 4.79 Å².